The van der Waals surface area contributed by atoms with Crippen LogP contribution in [0.1, 0.15) is 24.0 Å². The Balaban J connectivity index is 0.000000483. The summed E-state index contributed by atoms with van der Waals surface area (Å²) >= 11 is 0. The van der Waals surface area contributed by atoms with Crippen LogP contribution < -0.4 is 0 Å². The van der Waals surface area contributed by atoms with Gasteiger partial charge in [-0.2, -0.15) is 0 Å². The fraction of sp³-hybridized carbons (Fsp3) is 0.300. The monoisotopic (exact) mass is 421 g/mol. The van der Waals surface area contributed by atoms with Gasteiger partial charge in [-0.05, 0) is 37.1 Å². The zero-order valence-electron chi connectivity index (χ0n) is 15.0. The molecule has 0 atom stereocenters. The Hall–Kier alpha value is -2.18. The van der Waals surface area contributed by atoms with Gasteiger partial charge in [0.1, 0.15) is 11.5 Å². The van der Waals surface area contributed by atoms with E-state index in [2.05, 4.69) is 9.98 Å². The minimum absolute atomic E-state index is 0. The van der Waals surface area contributed by atoms with Crippen molar-refractivity contribution in [2.24, 2.45) is 9.98 Å². The quantitative estimate of drug-likeness (QED) is 0.298. The number of hydrogen-bond acceptors (Lipinski definition) is 6. The third-order valence-corrected chi connectivity index (χ3v) is 3.22. The number of aliphatic hydroxyl groups excluding tert-OH is 2. The summed E-state index contributed by atoms with van der Waals surface area (Å²) in [5, 5.41) is 35.6. The van der Waals surface area contributed by atoms with E-state index in [1.54, 1.807) is 48.8 Å². The van der Waals surface area contributed by atoms with Crippen LogP contribution in [0.2, 0.25) is 0 Å². The van der Waals surface area contributed by atoms with E-state index in [4.69, 9.17) is 10.2 Å². The van der Waals surface area contributed by atoms with Gasteiger partial charge in [0.15, 0.2) is 0 Å². The molecule has 2 rings (SSSR count). The number of nitrogens with zero attached hydrogens (tertiary/aromatic N) is 2. The summed E-state index contributed by atoms with van der Waals surface area (Å²) in [7, 11) is 0. The molecule has 7 heteroatoms. The average molecular weight is 422 g/mol. The van der Waals surface area contributed by atoms with Crippen molar-refractivity contribution < 1.29 is 37.5 Å². The summed E-state index contributed by atoms with van der Waals surface area (Å²) in [4.78, 5) is 8.09. The molecule has 6 nitrogen and oxygen atoms in total. The van der Waals surface area contributed by atoms with Gasteiger partial charge in [-0.3, -0.25) is 9.98 Å². The summed E-state index contributed by atoms with van der Waals surface area (Å²) in [6.45, 7) is 1.48. The molecule has 0 saturated heterocycles. The van der Waals surface area contributed by atoms with Crippen molar-refractivity contribution in [3.05, 3.63) is 59.7 Å². The molecule has 2 aromatic carbocycles. The number of para-hydroxylation sites is 2. The largest absolute Gasteiger partial charge is 0.507 e. The molecule has 0 heterocycles. The van der Waals surface area contributed by atoms with Crippen molar-refractivity contribution in [3.8, 4) is 11.5 Å². The van der Waals surface area contributed by atoms with Gasteiger partial charge in [-0.25, -0.2) is 0 Å². The molecular weight excluding hydrogens is 396 g/mol. The Kier molecular flexibility index (Phi) is 14.7. The zero-order chi connectivity index (χ0) is 19.0. The first-order chi connectivity index (χ1) is 12.7. The molecule has 1 radical (unpaired) electrons. The van der Waals surface area contributed by atoms with Crippen LogP contribution in [0.25, 0.3) is 0 Å². The van der Waals surface area contributed by atoms with Crippen LogP contribution >= 0.6 is 0 Å². The Morgan fingerprint density at radius 1 is 0.667 bits per heavy atom. The van der Waals surface area contributed by atoms with Gasteiger partial charge in [-0.1, -0.05) is 24.3 Å². The molecule has 27 heavy (non-hydrogen) atoms. The van der Waals surface area contributed by atoms with Crippen LogP contribution in [0.5, 0.6) is 11.5 Å². The number of hydrogen-bond donors (Lipinski definition) is 4. The van der Waals surface area contributed by atoms with Gasteiger partial charge in [0.25, 0.3) is 0 Å². The van der Waals surface area contributed by atoms with Crippen molar-refractivity contribution in [3.63, 3.8) is 0 Å². The van der Waals surface area contributed by atoms with Crippen molar-refractivity contribution in [1.82, 2.24) is 0 Å². The summed E-state index contributed by atoms with van der Waals surface area (Å²) < 4.78 is 0. The van der Waals surface area contributed by atoms with Crippen molar-refractivity contribution >= 4 is 12.4 Å². The SMILES string of the molecule is OCCCN=Cc1ccccc1O.OCCCN=Cc1ccccc1O.[Cu]. The summed E-state index contributed by atoms with van der Waals surface area (Å²) in [6.07, 6.45) is 4.55. The Morgan fingerprint density at radius 3 is 1.37 bits per heavy atom. The van der Waals surface area contributed by atoms with E-state index in [9.17, 15) is 10.2 Å². The fourth-order valence-electron chi connectivity index (χ4n) is 1.84. The van der Waals surface area contributed by atoms with Gasteiger partial charge in [0.2, 0.25) is 0 Å². The molecule has 151 valence electrons. The number of phenolic OH excluding ortho intramolecular Hbond substituents is 2. The van der Waals surface area contributed by atoms with Crippen molar-refractivity contribution in [2.45, 2.75) is 12.8 Å². The predicted octanol–water partition coefficient (Wildman–Crippen LogP) is 2.38. The summed E-state index contributed by atoms with van der Waals surface area (Å²) in [5.74, 6) is 0.463. The van der Waals surface area contributed by atoms with E-state index in [-0.39, 0.29) is 41.8 Å². The standard InChI is InChI=1S/2C10H13NO2.Cu/c2*12-7-3-6-11-8-9-4-1-2-5-10(9)13;/h2*1-2,4-5,8,12-13H,3,6-7H2;. The maximum Gasteiger partial charge on any atom is 0.124 e. The third kappa shape index (κ3) is 11.2. The molecule has 0 bridgehead atoms. The normalized spacial score (nSPS) is 10.4. The second-order valence-corrected chi connectivity index (χ2v) is 5.34. The molecule has 0 fully saturated rings. The Morgan fingerprint density at radius 2 is 1.04 bits per heavy atom. The topological polar surface area (TPSA) is 106 Å². The maximum absolute atomic E-state index is 9.33. The van der Waals surface area contributed by atoms with Crippen LogP contribution in [0.3, 0.4) is 0 Å². The first kappa shape index (κ1) is 24.8. The number of phenols is 2. The van der Waals surface area contributed by atoms with Crippen molar-refractivity contribution in [1.29, 1.82) is 0 Å². The zero-order valence-corrected chi connectivity index (χ0v) is 15.9. The first-order valence-electron chi connectivity index (χ1n) is 8.46. The van der Waals surface area contributed by atoms with Crippen LogP contribution in [-0.2, 0) is 17.1 Å². The van der Waals surface area contributed by atoms with Crippen molar-refractivity contribution in [2.75, 3.05) is 26.3 Å². The number of aliphatic hydroxyl groups is 2. The second-order valence-electron chi connectivity index (χ2n) is 5.34. The predicted molar refractivity (Wildman–Crippen MR) is 105 cm³/mol. The molecule has 0 spiro atoms. The molecule has 0 unspecified atom stereocenters. The first-order valence-corrected chi connectivity index (χ1v) is 8.46. The Labute approximate surface area is 170 Å². The minimum atomic E-state index is 0. The molecule has 2 aromatic rings. The number of benzene rings is 2. The van der Waals surface area contributed by atoms with Crippen LogP contribution in [0.15, 0.2) is 58.5 Å². The van der Waals surface area contributed by atoms with E-state index in [1.807, 2.05) is 12.1 Å². The summed E-state index contributed by atoms with van der Waals surface area (Å²) in [5.41, 5.74) is 1.42. The Bertz CT molecular complexity index is 634. The molecule has 0 amide bonds. The van der Waals surface area contributed by atoms with E-state index in [1.165, 1.54) is 0 Å². The van der Waals surface area contributed by atoms with Crippen LogP contribution in [0, 0.1) is 0 Å². The molecule has 4 N–H and O–H groups in total. The smallest absolute Gasteiger partial charge is 0.124 e. The van der Waals surface area contributed by atoms with Crippen LogP contribution in [-0.4, -0.2) is 59.2 Å². The molecule has 0 saturated carbocycles. The van der Waals surface area contributed by atoms with E-state index in [0.717, 1.165) is 0 Å². The van der Waals surface area contributed by atoms with Gasteiger partial charge < -0.3 is 20.4 Å². The van der Waals surface area contributed by atoms with Gasteiger partial charge in [-0.15, -0.1) is 0 Å². The second kappa shape index (κ2) is 16.0. The fourth-order valence-corrected chi connectivity index (χ4v) is 1.84. The van der Waals surface area contributed by atoms with E-state index < -0.39 is 0 Å². The van der Waals surface area contributed by atoms with E-state index >= 15 is 0 Å². The molecule has 0 aliphatic heterocycles. The average Bonchev–Trinajstić information content (AvgIpc) is 2.66. The molecule has 0 aromatic heterocycles. The number of aliphatic imine (C=N–C) groups is 2. The molecule has 0 aliphatic carbocycles. The van der Waals surface area contributed by atoms with Gasteiger partial charge in [0, 0.05) is 66.9 Å². The number of aromatic hydroxyl groups is 2. The van der Waals surface area contributed by atoms with Gasteiger partial charge >= 0.3 is 0 Å². The van der Waals surface area contributed by atoms with Gasteiger partial charge in [0.05, 0.1) is 0 Å². The molecular formula is C20H26CuN2O4. The van der Waals surface area contributed by atoms with E-state index in [0.29, 0.717) is 37.1 Å². The maximum atomic E-state index is 9.33. The third-order valence-electron chi connectivity index (χ3n) is 3.22. The van der Waals surface area contributed by atoms with Crippen LogP contribution in [0.4, 0.5) is 0 Å². The number of rotatable bonds is 8. The summed E-state index contributed by atoms with van der Waals surface area (Å²) in [6, 6.07) is 14.0. The molecule has 0 aliphatic rings. The minimum Gasteiger partial charge on any atom is -0.507 e.